The Morgan fingerprint density at radius 3 is 2.58 bits per heavy atom. The third kappa shape index (κ3) is 6.85. The van der Waals surface area contributed by atoms with Gasteiger partial charge in [0.25, 0.3) is 15.9 Å². The van der Waals surface area contributed by atoms with Gasteiger partial charge in [-0.05, 0) is 30.0 Å². The van der Waals surface area contributed by atoms with Gasteiger partial charge in [-0.25, -0.2) is 17.1 Å². The monoisotopic (exact) mass is 467 g/mol. The lowest BCUT2D eigenvalue weighted by atomic mass is 10.2. The second-order valence-corrected chi connectivity index (χ2v) is 9.65. The average Bonchev–Trinajstić information content (AvgIpc) is 3.29. The summed E-state index contributed by atoms with van der Waals surface area (Å²) in [6, 6.07) is 10.6. The summed E-state index contributed by atoms with van der Waals surface area (Å²) in [5.41, 5.74) is -0.000734. The Labute approximate surface area is 184 Å². The first kappa shape index (κ1) is 24.5. The zero-order valence-corrected chi connectivity index (χ0v) is 18.5. The standard InChI is InChI=1S/C20H22FN3O5S2/c1-23(31(27,28)20-10-5-14-30-20)12-4-9-19(26)29-15-18(25)24(13-6-11-22)17-8-3-2-7-16(17)21/h2-3,5,7-8,10,14H,4,6,9,12-13,15H2,1H3. The van der Waals surface area contributed by atoms with Crippen molar-refractivity contribution in [2.24, 2.45) is 0 Å². The highest BCUT2D eigenvalue weighted by Crippen LogP contribution is 2.21. The van der Waals surface area contributed by atoms with E-state index in [-0.39, 0.29) is 42.2 Å². The lowest BCUT2D eigenvalue weighted by Crippen LogP contribution is -2.36. The van der Waals surface area contributed by atoms with Crippen LogP contribution in [0.25, 0.3) is 0 Å². The fraction of sp³-hybridized carbons (Fsp3) is 0.350. The van der Waals surface area contributed by atoms with Gasteiger partial charge in [0, 0.05) is 26.6 Å². The lowest BCUT2D eigenvalue weighted by molar-refractivity contribution is -0.148. The van der Waals surface area contributed by atoms with Crippen LogP contribution in [0.15, 0.2) is 46.0 Å². The van der Waals surface area contributed by atoms with Crippen molar-refractivity contribution in [1.29, 1.82) is 5.26 Å². The highest BCUT2D eigenvalue weighted by Gasteiger charge is 2.22. The van der Waals surface area contributed by atoms with Crippen molar-refractivity contribution in [3.8, 4) is 6.07 Å². The number of benzene rings is 1. The molecule has 166 valence electrons. The van der Waals surface area contributed by atoms with Crippen LogP contribution in [0.4, 0.5) is 10.1 Å². The van der Waals surface area contributed by atoms with Gasteiger partial charge in [-0.2, -0.15) is 5.26 Å². The van der Waals surface area contributed by atoms with Crippen molar-refractivity contribution in [2.75, 3.05) is 31.6 Å². The SMILES string of the molecule is CN(CCCC(=O)OCC(=O)N(CCC#N)c1ccccc1F)S(=O)(=O)c1cccs1. The number of amides is 1. The third-order valence-electron chi connectivity index (χ3n) is 4.26. The number of esters is 1. The normalized spacial score (nSPS) is 11.2. The molecule has 1 aromatic heterocycles. The Balaban J connectivity index is 1.84. The summed E-state index contributed by atoms with van der Waals surface area (Å²) >= 11 is 1.11. The zero-order valence-electron chi connectivity index (χ0n) is 16.9. The number of hydrogen-bond acceptors (Lipinski definition) is 7. The predicted molar refractivity (Wildman–Crippen MR) is 113 cm³/mol. The van der Waals surface area contributed by atoms with Crippen molar-refractivity contribution >= 4 is 38.9 Å². The van der Waals surface area contributed by atoms with Gasteiger partial charge in [0.2, 0.25) is 0 Å². The first-order valence-electron chi connectivity index (χ1n) is 9.34. The molecule has 1 aromatic carbocycles. The van der Waals surface area contributed by atoms with Crippen molar-refractivity contribution in [3.05, 3.63) is 47.6 Å². The topological polar surface area (TPSA) is 108 Å². The highest BCUT2D eigenvalue weighted by molar-refractivity contribution is 7.91. The summed E-state index contributed by atoms with van der Waals surface area (Å²) in [7, 11) is -2.18. The number of rotatable bonds is 11. The zero-order chi connectivity index (χ0) is 22.9. The van der Waals surface area contributed by atoms with E-state index in [9.17, 15) is 22.4 Å². The van der Waals surface area contributed by atoms with Gasteiger partial charge in [0.05, 0.1) is 18.2 Å². The molecule has 0 fully saturated rings. The molecule has 0 aliphatic rings. The third-order valence-corrected chi connectivity index (χ3v) is 7.49. The molecule has 0 aliphatic heterocycles. The van der Waals surface area contributed by atoms with Gasteiger partial charge < -0.3 is 9.64 Å². The van der Waals surface area contributed by atoms with Crippen LogP contribution in [0.2, 0.25) is 0 Å². The number of ether oxygens (including phenoxy) is 1. The number of sulfonamides is 1. The molecule has 11 heteroatoms. The average molecular weight is 468 g/mol. The molecule has 0 atom stereocenters. The first-order chi connectivity index (χ1) is 14.8. The second kappa shape index (κ2) is 11.5. The van der Waals surface area contributed by atoms with E-state index in [2.05, 4.69) is 0 Å². The fourth-order valence-corrected chi connectivity index (χ4v) is 5.04. The molecule has 0 aliphatic carbocycles. The van der Waals surface area contributed by atoms with Gasteiger partial charge in [0.15, 0.2) is 6.61 Å². The van der Waals surface area contributed by atoms with Crippen LogP contribution in [0.5, 0.6) is 0 Å². The molecule has 0 spiro atoms. The molecule has 0 unspecified atom stereocenters. The fourth-order valence-electron chi connectivity index (χ4n) is 2.63. The molecule has 0 saturated carbocycles. The van der Waals surface area contributed by atoms with E-state index in [4.69, 9.17) is 10.00 Å². The number of halogens is 1. The summed E-state index contributed by atoms with van der Waals surface area (Å²) in [6.07, 6.45) is 0.105. The highest BCUT2D eigenvalue weighted by atomic mass is 32.2. The maximum Gasteiger partial charge on any atom is 0.306 e. The smallest absolute Gasteiger partial charge is 0.306 e. The van der Waals surface area contributed by atoms with Crippen LogP contribution in [0.3, 0.4) is 0 Å². The molecule has 8 nitrogen and oxygen atoms in total. The number of carbonyl (C=O) groups excluding carboxylic acids is 2. The van der Waals surface area contributed by atoms with E-state index in [1.807, 2.05) is 6.07 Å². The molecule has 0 bridgehead atoms. The Bertz CT molecular complexity index is 1040. The lowest BCUT2D eigenvalue weighted by Gasteiger charge is -2.22. The van der Waals surface area contributed by atoms with Crippen LogP contribution in [-0.4, -0.2) is 51.3 Å². The van der Waals surface area contributed by atoms with E-state index in [0.29, 0.717) is 0 Å². The van der Waals surface area contributed by atoms with E-state index < -0.39 is 34.3 Å². The molecule has 0 N–H and O–H groups in total. The van der Waals surface area contributed by atoms with Gasteiger partial charge in [-0.15, -0.1) is 11.3 Å². The maximum absolute atomic E-state index is 14.0. The van der Waals surface area contributed by atoms with E-state index >= 15 is 0 Å². The van der Waals surface area contributed by atoms with Crippen LogP contribution in [0, 0.1) is 17.1 Å². The Kier molecular flexibility index (Phi) is 9.11. The van der Waals surface area contributed by atoms with Crippen molar-refractivity contribution < 1.29 is 27.1 Å². The first-order valence-corrected chi connectivity index (χ1v) is 11.7. The largest absolute Gasteiger partial charge is 0.456 e. The van der Waals surface area contributed by atoms with Gasteiger partial charge >= 0.3 is 5.97 Å². The minimum Gasteiger partial charge on any atom is -0.456 e. The number of hydrogen-bond donors (Lipinski definition) is 0. The minimum absolute atomic E-state index is 0.000734. The van der Waals surface area contributed by atoms with Crippen molar-refractivity contribution in [2.45, 2.75) is 23.5 Å². The number of nitrogens with zero attached hydrogens (tertiary/aromatic N) is 3. The Hall–Kier alpha value is -2.81. The molecule has 2 aromatic rings. The molecule has 2 rings (SSSR count). The summed E-state index contributed by atoms with van der Waals surface area (Å²) in [4.78, 5) is 25.5. The van der Waals surface area contributed by atoms with Crippen LogP contribution < -0.4 is 4.90 Å². The number of carbonyl (C=O) groups is 2. The van der Waals surface area contributed by atoms with E-state index in [1.165, 1.54) is 31.3 Å². The summed E-state index contributed by atoms with van der Waals surface area (Å²) < 4.78 is 45.0. The minimum atomic E-state index is -3.60. The van der Waals surface area contributed by atoms with E-state index in [1.54, 1.807) is 17.5 Å². The second-order valence-electron chi connectivity index (χ2n) is 6.43. The molecule has 31 heavy (non-hydrogen) atoms. The number of thiophene rings is 1. The maximum atomic E-state index is 14.0. The molecule has 0 radical (unpaired) electrons. The summed E-state index contributed by atoms with van der Waals surface area (Å²) in [6.45, 7) is -0.548. The number of para-hydroxylation sites is 1. The van der Waals surface area contributed by atoms with Crippen LogP contribution >= 0.6 is 11.3 Å². The summed E-state index contributed by atoms with van der Waals surface area (Å²) in [5, 5.41) is 10.4. The van der Waals surface area contributed by atoms with Gasteiger partial charge in [0.1, 0.15) is 10.0 Å². The predicted octanol–water partition coefficient (Wildman–Crippen LogP) is 2.78. The van der Waals surface area contributed by atoms with Crippen LogP contribution in [0.1, 0.15) is 19.3 Å². The number of anilines is 1. The van der Waals surface area contributed by atoms with Crippen molar-refractivity contribution in [3.63, 3.8) is 0 Å². The van der Waals surface area contributed by atoms with E-state index in [0.717, 1.165) is 20.5 Å². The molecule has 1 amide bonds. The Morgan fingerprint density at radius 1 is 1.19 bits per heavy atom. The summed E-state index contributed by atoms with van der Waals surface area (Å²) in [5.74, 6) is -1.97. The number of nitriles is 1. The molecule has 0 saturated heterocycles. The van der Waals surface area contributed by atoms with Gasteiger partial charge in [-0.3, -0.25) is 9.59 Å². The Morgan fingerprint density at radius 2 is 1.94 bits per heavy atom. The van der Waals surface area contributed by atoms with Crippen molar-refractivity contribution in [1.82, 2.24) is 4.31 Å². The molecular weight excluding hydrogens is 445 g/mol. The van der Waals surface area contributed by atoms with Crippen LogP contribution in [-0.2, 0) is 24.3 Å². The molecular formula is C20H22FN3O5S2. The van der Waals surface area contributed by atoms with Gasteiger partial charge in [-0.1, -0.05) is 18.2 Å². The quantitative estimate of drug-likeness (QED) is 0.470. The molecule has 1 heterocycles.